The minimum atomic E-state index is -1.12. The molecule has 0 saturated heterocycles. The third-order valence-corrected chi connectivity index (χ3v) is 3.44. The Labute approximate surface area is 122 Å². The lowest BCUT2D eigenvalue weighted by Gasteiger charge is -2.14. The molecule has 0 spiro atoms. The van der Waals surface area contributed by atoms with Crippen LogP contribution in [0.2, 0.25) is 5.02 Å². The number of oxazole rings is 1. The smallest absolute Gasteiger partial charge is 0.373 e. The first-order chi connectivity index (χ1) is 9.21. The third-order valence-electron chi connectivity index (χ3n) is 3.03. The normalized spacial score (nSPS) is 11.7. The van der Waals surface area contributed by atoms with Gasteiger partial charge in [0.15, 0.2) is 0 Å². The van der Waals surface area contributed by atoms with Crippen LogP contribution >= 0.6 is 11.6 Å². The van der Waals surface area contributed by atoms with Crippen LogP contribution in [0.4, 0.5) is 0 Å². The van der Waals surface area contributed by atoms with Crippen molar-refractivity contribution >= 4 is 17.6 Å². The van der Waals surface area contributed by atoms with E-state index >= 15 is 0 Å². The first-order valence-electron chi connectivity index (χ1n) is 6.22. The molecule has 0 bridgehead atoms. The van der Waals surface area contributed by atoms with Gasteiger partial charge in [-0.1, -0.05) is 38.4 Å². The van der Waals surface area contributed by atoms with Crippen LogP contribution in [0, 0.1) is 6.92 Å². The van der Waals surface area contributed by atoms with E-state index in [4.69, 9.17) is 16.0 Å². The summed E-state index contributed by atoms with van der Waals surface area (Å²) in [5, 5.41) is 9.85. The molecule has 1 aromatic heterocycles. The summed E-state index contributed by atoms with van der Waals surface area (Å²) in [7, 11) is 0. The molecule has 1 aromatic carbocycles. The largest absolute Gasteiger partial charge is 0.475 e. The fourth-order valence-corrected chi connectivity index (χ4v) is 2.10. The van der Waals surface area contributed by atoms with Gasteiger partial charge < -0.3 is 9.52 Å². The number of carbonyl (C=O) groups is 1. The van der Waals surface area contributed by atoms with Gasteiger partial charge in [0.2, 0.25) is 11.7 Å². The summed E-state index contributed by atoms with van der Waals surface area (Å²) in [6, 6.07) is 5.36. The number of aromatic nitrogens is 1. The third kappa shape index (κ3) is 2.56. The highest BCUT2D eigenvalue weighted by Gasteiger charge is 2.29. The summed E-state index contributed by atoms with van der Waals surface area (Å²) in [6.45, 7) is 7.53. The first-order valence-corrected chi connectivity index (χ1v) is 6.59. The van der Waals surface area contributed by atoms with Crippen molar-refractivity contribution < 1.29 is 14.3 Å². The van der Waals surface area contributed by atoms with Crippen molar-refractivity contribution in [1.82, 2.24) is 4.98 Å². The second kappa shape index (κ2) is 4.94. The van der Waals surface area contributed by atoms with Gasteiger partial charge in [0.25, 0.3) is 0 Å². The number of hydrogen-bond donors (Lipinski definition) is 1. The number of aromatic carboxylic acids is 1. The van der Waals surface area contributed by atoms with Gasteiger partial charge >= 0.3 is 5.97 Å². The van der Waals surface area contributed by atoms with Crippen molar-refractivity contribution in [1.29, 1.82) is 0 Å². The minimum Gasteiger partial charge on any atom is -0.475 e. The Morgan fingerprint density at radius 2 is 2.00 bits per heavy atom. The van der Waals surface area contributed by atoms with Gasteiger partial charge in [-0.05, 0) is 24.6 Å². The van der Waals surface area contributed by atoms with Crippen LogP contribution in [0.5, 0.6) is 0 Å². The standard InChI is InChI=1S/C15H16ClNO3/c1-8-9(6-5-7-10(8)16)13-17-12(15(2,3)4)11(20-13)14(18)19/h5-7H,1-4H3,(H,18,19). The Morgan fingerprint density at radius 3 is 2.50 bits per heavy atom. The number of carboxylic acids is 1. The van der Waals surface area contributed by atoms with E-state index in [0.717, 1.165) is 5.56 Å². The van der Waals surface area contributed by atoms with E-state index in [1.807, 2.05) is 33.8 Å². The molecule has 20 heavy (non-hydrogen) atoms. The maximum atomic E-state index is 11.3. The molecule has 0 amide bonds. The lowest BCUT2D eigenvalue weighted by Crippen LogP contribution is -2.16. The molecule has 4 nitrogen and oxygen atoms in total. The lowest BCUT2D eigenvalue weighted by molar-refractivity contribution is 0.0659. The van der Waals surface area contributed by atoms with Gasteiger partial charge in [0, 0.05) is 16.0 Å². The second-order valence-corrected chi connectivity index (χ2v) is 6.07. The highest BCUT2D eigenvalue weighted by Crippen LogP contribution is 2.33. The molecule has 0 radical (unpaired) electrons. The van der Waals surface area contributed by atoms with Crippen molar-refractivity contribution in [3.8, 4) is 11.5 Å². The number of rotatable bonds is 2. The van der Waals surface area contributed by atoms with Gasteiger partial charge in [0.1, 0.15) is 5.69 Å². The van der Waals surface area contributed by atoms with E-state index in [0.29, 0.717) is 16.3 Å². The van der Waals surface area contributed by atoms with Crippen LogP contribution in [-0.2, 0) is 5.41 Å². The van der Waals surface area contributed by atoms with Crippen LogP contribution < -0.4 is 0 Å². The minimum absolute atomic E-state index is 0.119. The zero-order valence-electron chi connectivity index (χ0n) is 11.8. The molecule has 0 aliphatic carbocycles. The number of hydrogen-bond acceptors (Lipinski definition) is 3. The Bertz CT molecular complexity index is 668. The zero-order valence-corrected chi connectivity index (χ0v) is 12.6. The summed E-state index contributed by atoms with van der Waals surface area (Å²) in [6.07, 6.45) is 0. The topological polar surface area (TPSA) is 63.3 Å². The van der Waals surface area contributed by atoms with Gasteiger partial charge in [0.05, 0.1) is 0 Å². The quantitative estimate of drug-likeness (QED) is 0.896. The molecule has 2 rings (SSSR count). The van der Waals surface area contributed by atoms with Crippen molar-refractivity contribution in [2.75, 3.05) is 0 Å². The fourth-order valence-electron chi connectivity index (χ4n) is 1.93. The van der Waals surface area contributed by atoms with E-state index in [1.165, 1.54) is 0 Å². The van der Waals surface area contributed by atoms with Crippen LogP contribution in [0.1, 0.15) is 42.6 Å². The summed E-state index contributed by atoms with van der Waals surface area (Å²) in [4.78, 5) is 15.7. The van der Waals surface area contributed by atoms with Crippen molar-refractivity contribution in [3.05, 3.63) is 40.2 Å². The lowest BCUT2D eigenvalue weighted by atomic mass is 9.91. The van der Waals surface area contributed by atoms with Crippen molar-refractivity contribution in [3.63, 3.8) is 0 Å². The van der Waals surface area contributed by atoms with Crippen molar-refractivity contribution in [2.45, 2.75) is 33.1 Å². The van der Waals surface area contributed by atoms with E-state index in [-0.39, 0.29) is 11.7 Å². The molecule has 5 heteroatoms. The van der Waals surface area contributed by atoms with E-state index in [1.54, 1.807) is 12.1 Å². The van der Waals surface area contributed by atoms with Gasteiger partial charge in [-0.25, -0.2) is 9.78 Å². The molecule has 0 saturated carbocycles. The molecular formula is C15H16ClNO3. The molecule has 0 aliphatic rings. The monoisotopic (exact) mass is 293 g/mol. The average molecular weight is 294 g/mol. The molecule has 1 N–H and O–H groups in total. The van der Waals surface area contributed by atoms with Gasteiger partial charge in [-0.15, -0.1) is 0 Å². The first kappa shape index (κ1) is 14.6. The Balaban J connectivity index is 2.65. The molecule has 0 fully saturated rings. The van der Waals surface area contributed by atoms with E-state index in [2.05, 4.69) is 4.98 Å². The summed E-state index contributed by atoms with van der Waals surface area (Å²) in [5.74, 6) is -0.951. The maximum Gasteiger partial charge on any atom is 0.373 e. The zero-order chi connectivity index (χ0) is 15.1. The molecule has 0 unspecified atom stereocenters. The average Bonchev–Trinajstić information content (AvgIpc) is 2.77. The summed E-state index contributed by atoms with van der Waals surface area (Å²) < 4.78 is 5.46. The van der Waals surface area contributed by atoms with Crippen LogP contribution in [0.3, 0.4) is 0 Å². The number of nitrogens with zero attached hydrogens (tertiary/aromatic N) is 1. The molecule has 106 valence electrons. The molecule has 2 aromatic rings. The van der Waals surface area contributed by atoms with Crippen LogP contribution in [-0.4, -0.2) is 16.1 Å². The Morgan fingerprint density at radius 1 is 1.35 bits per heavy atom. The number of benzene rings is 1. The second-order valence-electron chi connectivity index (χ2n) is 5.66. The Kier molecular flexibility index (Phi) is 3.61. The van der Waals surface area contributed by atoms with E-state index in [9.17, 15) is 9.90 Å². The molecule has 0 atom stereocenters. The predicted octanol–water partition coefficient (Wildman–Crippen LogP) is 4.30. The predicted molar refractivity (Wildman–Crippen MR) is 77.3 cm³/mol. The fraction of sp³-hybridized carbons (Fsp3) is 0.333. The maximum absolute atomic E-state index is 11.3. The van der Waals surface area contributed by atoms with Crippen LogP contribution in [0.15, 0.2) is 22.6 Å². The SMILES string of the molecule is Cc1c(Cl)cccc1-c1nc(C(C)(C)C)c(C(=O)O)o1. The van der Waals surface area contributed by atoms with Gasteiger partial charge in [-0.2, -0.15) is 0 Å². The summed E-state index contributed by atoms with van der Waals surface area (Å²) in [5.41, 5.74) is 1.53. The summed E-state index contributed by atoms with van der Waals surface area (Å²) >= 11 is 6.08. The molecule has 1 heterocycles. The highest BCUT2D eigenvalue weighted by molar-refractivity contribution is 6.31. The number of halogens is 1. The number of carboxylic acid groups (broad SMARTS) is 1. The molecular weight excluding hydrogens is 278 g/mol. The van der Waals surface area contributed by atoms with E-state index < -0.39 is 11.4 Å². The van der Waals surface area contributed by atoms with Crippen molar-refractivity contribution in [2.24, 2.45) is 0 Å². The highest BCUT2D eigenvalue weighted by atomic mass is 35.5. The van der Waals surface area contributed by atoms with Gasteiger partial charge in [-0.3, -0.25) is 0 Å². The van der Waals surface area contributed by atoms with Crippen LogP contribution in [0.25, 0.3) is 11.5 Å². The molecule has 0 aliphatic heterocycles. The Hall–Kier alpha value is -1.81.